The Kier molecular flexibility index (Phi) is 5.28. The Labute approximate surface area is 175 Å². The number of para-hydroxylation sites is 1. The predicted molar refractivity (Wildman–Crippen MR) is 112 cm³/mol. The number of ether oxygens (including phenoxy) is 1. The van der Waals surface area contributed by atoms with E-state index >= 15 is 0 Å². The van der Waals surface area contributed by atoms with E-state index in [1.165, 1.54) is 6.33 Å². The number of halogens is 1. The van der Waals surface area contributed by atoms with Crippen LogP contribution in [0.2, 0.25) is 5.02 Å². The second-order valence-corrected chi connectivity index (χ2v) is 7.86. The topological polar surface area (TPSA) is 60.2 Å². The maximum Gasteiger partial charge on any atom is 0.232 e. The minimum atomic E-state index is -0.186. The summed E-state index contributed by atoms with van der Waals surface area (Å²) in [6.45, 7) is 3.79. The number of benzene rings is 2. The van der Waals surface area contributed by atoms with Crippen LogP contribution in [-0.4, -0.2) is 27.8 Å². The Morgan fingerprint density at radius 2 is 1.86 bits per heavy atom. The molecule has 0 bridgehead atoms. The Morgan fingerprint density at radius 3 is 2.55 bits per heavy atom. The lowest BCUT2D eigenvalue weighted by atomic mass is 9.91. The summed E-state index contributed by atoms with van der Waals surface area (Å²) in [5.41, 5.74) is 2.02. The van der Waals surface area contributed by atoms with E-state index in [1.807, 2.05) is 67.1 Å². The molecule has 4 rings (SSSR count). The molecule has 1 aliphatic rings. The van der Waals surface area contributed by atoms with Crippen LogP contribution in [0, 0.1) is 5.92 Å². The van der Waals surface area contributed by atoms with Gasteiger partial charge in [0.25, 0.3) is 0 Å². The Morgan fingerprint density at radius 1 is 1.14 bits per heavy atom. The number of carbonyl (C=O) groups is 1. The number of rotatable bonds is 4. The first-order valence-electron chi connectivity index (χ1n) is 9.62. The highest BCUT2D eigenvalue weighted by Gasteiger charge is 2.40. The summed E-state index contributed by atoms with van der Waals surface area (Å²) in [5, 5.41) is 5.12. The second-order valence-electron chi connectivity index (χ2n) is 7.43. The molecule has 6 nitrogen and oxygen atoms in total. The van der Waals surface area contributed by atoms with Crippen molar-refractivity contribution in [1.29, 1.82) is 0 Å². The highest BCUT2D eigenvalue weighted by molar-refractivity contribution is 6.30. The van der Waals surface area contributed by atoms with Gasteiger partial charge in [-0.05, 0) is 30.2 Å². The first-order valence-corrected chi connectivity index (χ1v) is 10.00. The van der Waals surface area contributed by atoms with E-state index in [4.69, 9.17) is 16.3 Å². The smallest absolute Gasteiger partial charge is 0.232 e. The third-order valence-corrected chi connectivity index (χ3v) is 5.56. The molecule has 0 aliphatic carbocycles. The van der Waals surface area contributed by atoms with Gasteiger partial charge in [0.05, 0.1) is 19.2 Å². The largest absolute Gasteiger partial charge is 0.496 e. The highest BCUT2D eigenvalue weighted by Crippen LogP contribution is 2.44. The number of hydrogen-bond acceptors (Lipinski definition) is 4. The van der Waals surface area contributed by atoms with E-state index in [0.717, 1.165) is 16.9 Å². The number of anilines is 1. The van der Waals surface area contributed by atoms with Crippen molar-refractivity contribution in [3.63, 3.8) is 0 Å². The molecule has 29 heavy (non-hydrogen) atoms. The molecule has 150 valence electrons. The molecule has 0 unspecified atom stereocenters. The molecule has 0 saturated heterocycles. The number of carbonyl (C=O) groups excluding carboxylic acids is 1. The molecule has 1 amide bonds. The van der Waals surface area contributed by atoms with Crippen LogP contribution >= 0.6 is 11.6 Å². The zero-order chi connectivity index (χ0) is 20.5. The van der Waals surface area contributed by atoms with E-state index in [-0.39, 0.29) is 23.9 Å². The molecule has 0 fully saturated rings. The second kappa shape index (κ2) is 7.87. The Hall–Kier alpha value is -2.86. The molecule has 0 spiro atoms. The van der Waals surface area contributed by atoms with Gasteiger partial charge in [-0.1, -0.05) is 55.8 Å². The van der Waals surface area contributed by atoms with Gasteiger partial charge in [0.15, 0.2) is 0 Å². The number of fused-ring (bicyclic) bond motifs is 1. The van der Waals surface area contributed by atoms with E-state index in [1.54, 1.807) is 12.0 Å². The van der Waals surface area contributed by atoms with Crippen molar-refractivity contribution in [2.75, 3.05) is 12.0 Å². The summed E-state index contributed by atoms with van der Waals surface area (Å²) >= 11 is 6.10. The van der Waals surface area contributed by atoms with Crippen LogP contribution in [0.15, 0.2) is 54.9 Å². The molecular formula is C22H23ClN4O2. The molecular weight excluding hydrogens is 388 g/mol. The quantitative estimate of drug-likeness (QED) is 0.627. The average molecular weight is 411 g/mol. The van der Waals surface area contributed by atoms with Crippen molar-refractivity contribution in [3.8, 4) is 5.75 Å². The lowest BCUT2D eigenvalue weighted by Gasteiger charge is -2.40. The SMILES string of the molecule is COc1ccccc1[C@@H]1C[C@H](c2ccc(Cl)cc2)N(C(=O)C(C)C)c2ncnn21. The maximum atomic E-state index is 13.2. The molecule has 1 aromatic heterocycles. The van der Waals surface area contributed by atoms with Gasteiger partial charge in [0.2, 0.25) is 11.9 Å². The van der Waals surface area contributed by atoms with Gasteiger partial charge in [-0.3, -0.25) is 9.69 Å². The van der Waals surface area contributed by atoms with Crippen molar-refractivity contribution in [2.24, 2.45) is 5.92 Å². The standard InChI is InChI=1S/C22H23ClN4O2/c1-14(2)21(28)26-18(15-8-10-16(23)11-9-15)12-19(27-22(26)24-13-25-27)17-6-4-5-7-20(17)29-3/h4-11,13-14,18-19H,12H2,1-3H3/t18-,19+/m1/s1. The van der Waals surface area contributed by atoms with Gasteiger partial charge < -0.3 is 4.74 Å². The van der Waals surface area contributed by atoms with Gasteiger partial charge in [-0.25, -0.2) is 4.68 Å². The van der Waals surface area contributed by atoms with Crippen LogP contribution in [0.1, 0.15) is 43.5 Å². The van der Waals surface area contributed by atoms with Crippen molar-refractivity contribution in [1.82, 2.24) is 14.8 Å². The van der Waals surface area contributed by atoms with Crippen LogP contribution in [0.3, 0.4) is 0 Å². The van der Waals surface area contributed by atoms with E-state index in [2.05, 4.69) is 10.1 Å². The van der Waals surface area contributed by atoms with Gasteiger partial charge in [-0.2, -0.15) is 10.1 Å². The number of aromatic nitrogens is 3. The van der Waals surface area contributed by atoms with Crippen molar-refractivity contribution < 1.29 is 9.53 Å². The summed E-state index contributed by atoms with van der Waals surface area (Å²) in [6.07, 6.45) is 2.15. The van der Waals surface area contributed by atoms with Crippen molar-refractivity contribution in [2.45, 2.75) is 32.4 Å². The van der Waals surface area contributed by atoms with Crippen LogP contribution in [0.25, 0.3) is 0 Å². The van der Waals surface area contributed by atoms with Crippen molar-refractivity contribution >= 4 is 23.5 Å². The van der Waals surface area contributed by atoms with Crippen LogP contribution in [0.5, 0.6) is 5.75 Å². The normalized spacial score (nSPS) is 18.6. The Bertz CT molecular complexity index is 1020. The first kappa shape index (κ1) is 19.5. The van der Waals surface area contributed by atoms with Gasteiger partial charge in [0, 0.05) is 16.5 Å². The van der Waals surface area contributed by atoms with Gasteiger partial charge in [-0.15, -0.1) is 0 Å². The molecule has 3 aromatic rings. The third kappa shape index (κ3) is 3.49. The lowest BCUT2D eigenvalue weighted by Crippen LogP contribution is -2.44. The zero-order valence-corrected chi connectivity index (χ0v) is 17.4. The van der Waals surface area contributed by atoms with Crippen LogP contribution in [-0.2, 0) is 4.79 Å². The molecule has 0 N–H and O–H groups in total. The lowest BCUT2D eigenvalue weighted by molar-refractivity contribution is -0.122. The summed E-state index contributed by atoms with van der Waals surface area (Å²) in [6, 6.07) is 15.3. The number of methoxy groups -OCH3 is 1. The molecule has 2 atom stereocenters. The third-order valence-electron chi connectivity index (χ3n) is 5.31. The summed E-state index contributed by atoms with van der Waals surface area (Å²) in [5.74, 6) is 1.18. The summed E-state index contributed by atoms with van der Waals surface area (Å²) in [7, 11) is 1.66. The minimum absolute atomic E-state index is 0.0117. The fourth-order valence-electron chi connectivity index (χ4n) is 3.89. The minimum Gasteiger partial charge on any atom is -0.496 e. The predicted octanol–water partition coefficient (Wildman–Crippen LogP) is 4.66. The number of nitrogens with zero attached hydrogens (tertiary/aromatic N) is 4. The fraction of sp³-hybridized carbons (Fsp3) is 0.318. The molecule has 1 aliphatic heterocycles. The number of hydrogen-bond donors (Lipinski definition) is 0. The molecule has 2 aromatic carbocycles. The van der Waals surface area contributed by atoms with E-state index < -0.39 is 0 Å². The molecule has 7 heteroatoms. The molecule has 0 saturated carbocycles. The van der Waals surface area contributed by atoms with Gasteiger partial charge in [0.1, 0.15) is 12.1 Å². The van der Waals surface area contributed by atoms with Crippen LogP contribution < -0.4 is 9.64 Å². The maximum absolute atomic E-state index is 13.2. The summed E-state index contributed by atoms with van der Waals surface area (Å²) in [4.78, 5) is 19.4. The zero-order valence-electron chi connectivity index (χ0n) is 16.6. The first-order chi connectivity index (χ1) is 14.0. The highest BCUT2D eigenvalue weighted by atomic mass is 35.5. The van der Waals surface area contributed by atoms with E-state index in [0.29, 0.717) is 17.4 Å². The van der Waals surface area contributed by atoms with E-state index in [9.17, 15) is 4.79 Å². The van der Waals surface area contributed by atoms with Crippen LogP contribution in [0.4, 0.5) is 5.95 Å². The summed E-state index contributed by atoms with van der Waals surface area (Å²) < 4.78 is 7.42. The molecule has 0 radical (unpaired) electrons. The average Bonchev–Trinajstić information content (AvgIpc) is 3.22. The number of amides is 1. The monoisotopic (exact) mass is 410 g/mol. The molecule has 2 heterocycles. The van der Waals surface area contributed by atoms with Gasteiger partial charge >= 0.3 is 0 Å². The Balaban J connectivity index is 1.87. The fourth-order valence-corrected chi connectivity index (χ4v) is 4.02. The van der Waals surface area contributed by atoms with Crippen molar-refractivity contribution in [3.05, 3.63) is 71.0 Å².